The molecule has 0 heterocycles. The molecule has 0 aliphatic carbocycles. The first-order chi connectivity index (χ1) is 7.20. The molecule has 1 rings (SSSR count). The van der Waals surface area contributed by atoms with Gasteiger partial charge in [0.1, 0.15) is 0 Å². The zero-order valence-corrected chi connectivity index (χ0v) is 8.89. The summed E-state index contributed by atoms with van der Waals surface area (Å²) in [5.41, 5.74) is 5.68. The summed E-state index contributed by atoms with van der Waals surface area (Å²) in [6.07, 6.45) is 7.06. The lowest BCUT2D eigenvalue weighted by Gasteiger charge is -2.06. The van der Waals surface area contributed by atoms with Gasteiger partial charge in [0, 0.05) is 17.7 Å². The van der Waals surface area contributed by atoms with E-state index in [1.807, 2.05) is 44.2 Å². The monoisotopic (exact) mass is 191 g/mol. The Labute approximate surface area is 91.6 Å². The molecule has 0 unspecified atom stereocenters. The fraction of sp³-hybridized carbons (Fsp3) is 0.133. The highest BCUT2D eigenvalue weighted by Crippen LogP contribution is 2.23. The molecule has 0 amide bonds. The van der Waals surface area contributed by atoms with Gasteiger partial charge in [-0.15, -0.1) is 5.73 Å². The van der Waals surface area contributed by atoms with E-state index < -0.39 is 0 Å². The number of benzene rings is 1. The van der Waals surface area contributed by atoms with Crippen molar-refractivity contribution in [2.75, 3.05) is 0 Å². The number of hydrogen-bond donors (Lipinski definition) is 0. The summed E-state index contributed by atoms with van der Waals surface area (Å²) in [7, 11) is 0. The van der Waals surface area contributed by atoms with E-state index >= 15 is 0 Å². The lowest BCUT2D eigenvalue weighted by atomic mass is 9.97. The maximum Gasteiger partial charge on any atom is 0.0497 e. The SMILES string of the molecule is [C]=C=C(/C(C)=C(\C)C#[C])c1ccccc1. The van der Waals surface area contributed by atoms with Crippen LogP contribution in [0.3, 0.4) is 0 Å². The zero-order valence-electron chi connectivity index (χ0n) is 8.89. The molecule has 1 aromatic carbocycles. The Hall–Kier alpha value is -1.96. The highest BCUT2D eigenvalue weighted by atomic mass is 14.1. The van der Waals surface area contributed by atoms with Crippen molar-refractivity contribution >= 4 is 5.57 Å². The van der Waals surface area contributed by atoms with Crippen molar-refractivity contribution in [2.24, 2.45) is 0 Å². The molecule has 0 fully saturated rings. The van der Waals surface area contributed by atoms with Crippen LogP contribution in [0.2, 0.25) is 0 Å². The van der Waals surface area contributed by atoms with Gasteiger partial charge in [-0.2, -0.15) is 0 Å². The Bertz CT molecular complexity index is 461. The van der Waals surface area contributed by atoms with Gasteiger partial charge >= 0.3 is 0 Å². The minimum atomic E-state index is 0.716. The van der Waals surface area contributed by atoms with Crippen LogP contribution in [0.15, 0.2) is 47.2 Å². The standard InChI is InChI=1S/C15H11/c1-5-12(3)13(4)15(6-2)14-10-8-7-9-11-14/h7-11H,3-4H3/b13-12+. The predicted octanol–water partition coefficient (Wildman–Crippen LogP) is 3.46. The maximum absolute atomic E-state index is 7.29. The van der Waals surface area contributed by atoms with Crippen molar-refractivity contribution in [2.45, 2.75) is 13.8 Å². The Balaban J connectivity index is 3.27. The van der Waals surface area contributed by atoms with Crippen LogP contribution in [0, 0.1) is 18.9 Å². The summed E-state index contributed by atoms with van der Waals surface area (Å²) in [4.78, 5) is 0. The van der Waals surface area contributed by atoms with Crippen LogP contribution in [0.5, 0.6) is 0 Å². The van der Waals surface area contributed by atoms with E-state index in [4.69, 9.17) is 13.0 Å². The van der Waals surface area contributed by atoms with Crippen LogP contribution in [-0.4, -0.2) is 0 Å². The van der Waals surface area contributed by atoms with E-state index in [2.05, 4.69) is 11.7 Å². The normalized spacial score (nSPS) is 11.0. The van der Waals surface area contributed by atoms with Gasteiger partial charge in [-0.05, 0) is 31.4 Å². The van der Waals surface area contributed by atoms with Crippen molar-refractivity contribution in [1.29, 1.82) is 0 Å². The van der Waals surface area contributed by atoms with Gasteiger partial charge in [0.2, 0.25) is 0 Å². The van der Waals surface area contributed by atoms with E-state index in [-0.39, 0.29) is 0 Å². The van der Waals surface area contributed by atoms with Gasteiger partial charge < -0.3 is 0 Å². The minimum Gasteiger partial charge on any atom is -0.101 e. The van der Waals surface area contributed by atoms with Gasteiger partial charge in [-0.1, -0.05) is 36.3 Å². The summed E-state index contributed by atoms with van der Waals surface area (Å²) < 4.78 is 0. The topological polar surface area (TPSA) is 0 Å². The molecule has 0 heteroatoms. The van der Waals surface area contributed by atoms with Gasteiger partial charge in [-0.3, -0.25) is 0 Å². The smallest absolute Gasteiger partial charge is 0.0497 e. The first kappa shape index (κ1) is 11.1. The third-order valence-corrected chi connectivity index (χ3v) is 2.31. The Morgan fingerprint density at radius 3 is 2.20 bits per heavy atom. The molecule has 0 N–H and O–H groups in total. The van der Waals surface area contributed by atoms with Crippen LogP contribution in [0.4, 0.5) is 0 Å². The third kappa shape index (κ3) is 2.50. The van der Waals surface area contributed by atoms with Crippen molar-refractivity contribution in [3.8, 4) is 5.92 Å². The molecule has 0 bridgehead atoms. The highest BCUT2D eigenvalue weighted by Gasteiger charge is 2.04. The summed E-state index contributed by atoms with van der Waals surface area (Å²) in [6.45, 7) is 11.0. The molecule has 0 aliphatic heterocycles. The van der Waals surface area contributed by atoms with Gasteiger partial charge in [-0.25, -0.2) is 0 Å². The number of hydrogen-bond acceptors (Lipinski definition) is 0. The lowest BCUT2D eigenvalue weighted by Crippen LogP contribution is -1.87. The number of rotatable bonds is 2. The fourth-order valence-electron chi connectivity index (χ4n) is 1.27. The molecule has 0 nitrogen and oxygen atoms in total. The minimum absolute atomic E-state index is 0.716. The number of allylic oxidation sites excluding steroid dienone is 3. The maximum atomic E-state index is 7.29. The van der Waals surface area contributed by atoms with Crippen molar-refractivity contribution in [3.63, 3.8) is 0 Å². The Morgan fingerprint density at radius 1 is 1.13 bits per heavy atom. The van der Waals surface area contributed by atoms with Crippen LogP contribution < -0.4 is 0 Å². The van der Waals surface area contributed by atoms with Crippen LogP contribution in [-0.2, 0) is 0 Å². The van der Waals surface area contributed by atoms with E-state index in [0.717, 1.165) is 16.7 Å². The highest BCUT2D eigenvalue weighted by molar-refractivity contribution is 5.79. The second kappa shape index (κ2) is 5.05. The summed E-state index contributed by atoms with van der Waals surface area (Å²) in [6, 6.07) is 9.63. The molecule has 0 saturated carbocycles. The Morgan fingerprint density at radius 2 is 1.73 bits per heavy atom. The van der Waals surface area contributed by atoms with Crippen LogP contribution in [0.1, 0.15) is 19.4 Å². The van der Waals surface area contributed by atoms with E-state index in [1.165, 1.54) is 0 Å². The molecule has 0 aromatic heterocycles. The summed E-state index contributed by atoms with van der Waals surface area (Å²) in [5.74, 6) is 2.33. The zero-order chi connectivity index (χ0) is 11.3. The van der Waals surface area contributed by atoms with Crippen LogP contribution >= 0.6 is 0 Å². The fourth-order valence-corrected chi connectivity index (χ4v) is 1.27. The molecule has 1 aromatic rings. The molecular weight excluding hydrogens is 180 g/mol. The third-order valence-electron chi connectivity index (χ3n) is 2.31. The molecule has 71 valence electrons. The molecular formula is C15H11. The van der Waals surface area contributed by atoms with Gasteiger partial charge in [0.15, 0.2) is 0 Å². The van der Waals surface area contributed by atoms with E-state index in [0.29, 0.717) is 5.57 Å². The molecule has 0 aliphatic rings. The van der Waals surface area contributed by atoms with Gasteiger partial charge in [0.05, 0.1) is 0 Å². The Kier molecular flexibility index (Phi) is 3.75. The molecule has 0 saturated heterocycles. The van der Waals surface area contributed by atoms with E-state index in [9.17, 15) is 0 Å². The summed E-state index contributed by atoms with van der Waals surface area (Å²) >= 11 is 0. The molecule has 0 spiro atoms. The second-order valence-electron chi connectivity index (χ2n) is 3.24. The first-order valence-corrected chi connectivity index (χ1v) is 4.66. The van der Waals surface area contributed by atoms with Crippen molar-refractivity contribution in [3.05, 3.63) is 65.8 Å². The quantitative estimate of drug-likeness (QED) is 0.381. The largest absolute Gasteiger partial charge is 0.101 e. The average Bonchev–Trinajstić information content (AvgIpc) is 2.30. The van der Waals surface area contributed by atoms with Gasteiger partial charge in [0.25, 0.3) is 0 Å². The molecule has 15 heavy (non-hydrogen) atoms. The average molecular weight is 191 g/mol. The van der Waals surface area contributed by atoms with Crippen molar-refractivity contribution < 1.29 is 0 Å². The van der Waals surface area contributed by atoms with E-state index in [1.54, 1.807) is 0 Å². The molecule has 0 atom stereocenters. The van der Waals surface area contributed by atoms with Crippen molar-refractivity contribution in [1.82, 2.24) is 0 Å². The molecule has 3 radical (unpaired) electrons. The predicted molar refractivity (Wildman–Crippen MR) is 62.1 cm³/mol. The lowest BCUT2D eigenvalue weighted by molar-refractivity contribution is 1.40. The summed E-state index contributed by atoms with van der Waals surface area (Å²) in [5, 5.41) is 0. The first-order valence-electron chi connectivity index (χ1n) is 4.66. The van der Waals surface area contributed by atoms with Crippen LogP contribution in [0.25, 0.3) is 5.57 Å². The second-order valence-corrected chi connectivity index (χ2v) is 3.24.